The summed E-state index contributed by atoms with van der Waals surface area (Å²) < 4.78 is 36.8. The molecule has 6 rings (SSSR count). The maximum atomic E-state index is 14.2. The number of rotatable bonds is 6. The Balaban J connectivity index is 1.31. The highest BCUT2D eigenvalue weighted by Gasteiger charge is 2.40. The quantitative estimate of drug-likeness (QED) is 0.276. The van der Waals surface area contributed by atoms with Crippen LogP contribution in [0, 0.1) is 12.3 Å². The standard InChI is InChI=1S/C34H43N7O5S/c1-22-6-8-25(9-7-22)47(44,45)41-28(23-19-37-39(5)21-23)18-26-29(27(30(35)42)20-36-31(26)41)38-24-10-12-34(13-11-24)14-16-40(17-15-34)32(43)46-33(2,3)4/h6-9,18-21,24H,10-17H2,1-5H3,(H2,35,42)(H,36,38). The zero-order valence-corrected chi connectivity index (χ0v) is 28.4. The topological polar surface area (TPSA) is 154 Å². The average molecular weight is 662 g/mol. The first-order valence-corrected chi connectivity index (χ1v) is 17.5. The molecule has 0 radical (unpaired) electrons. The normalized spacial score (nSPS) is 17.3. The summed E-state index contributed by atoms with van der Waals surface area (Å²) in [5.74, 6) is -0.652. The van der Waals surface area contributed by atoms with Gasteiger partial charge in [0, 0.05) is 49.5 Å². The Morgan fingerprint density at radius 2 is 1.70 bits per heavy atom. The highest BCUT2D eigenvalue weighted by Crippen LogP contribution is 2.46. The number of aryl methyl sites for hydroxylation is 2. The van der Waals surface area contributed by atoms with Crippen molar-refractivity contribution in [3.63, 3.8) is 0 Å². The molecule has 0 atom stereocenters. The van der Waals surface area contributed by atoms with Crippen molar-refractivity contribution in [1.82, 2.24) is 23.6 Å². The number of likely N-dealkylation sites (tertiary alicyclic amines) is 1. The van der Waals surface area contributed by atoms with Crippen LogP contribution in [-0.4, -0.2) is 68.8 Å². The molecule has 0 bridgehead atoms. The van der Waals surface area contributed by atoms with Crippen LogP contribution in [-0.2, 0) is 21.8 Å². The number of hydrogen-bond acceptors (Lipinski definition) is 8. The summed E-state index contributed by atoms with van der Waals surface area (Å²) in [5.41, 5.74) is 8.25. The lowest BCUT2D eigenvalue weighted by Crippen LogP contribution is -2.47. The highest BCUT2D eigenvalue weighted by atomic mass is 32.2. The first kappa shape index (κ1) is 32.5. The van der Waals surface area contributed by atoms with E-state index in [0.717, 1.165) is 44.1 Å². The maximum Gasteiger partial charge on any atom is 0.410 e. The Kier molecular flexibility index (Phi) is 8.31. The van der Waals surface area contributed by atoms with Gasteiger partial charge in [0.05, 0.1) is 28.0 Å². The number of nitrogens with zero attached hydrogens (tertiary/aromatic N) is 5. The molecule has 2 amide bonds. The zero-order chi connectivity index (χ0) is 33.7. The monoisotopic (exact) mass is 661 g/mol. The smallest absolute Gasteiger partial charge is 0.410 e. The third kappa shape index (κ3) is 6.45. The third-order valence-corrected chi connectivity index (χ3v) is 11.2. The van der Waals surface area contributed by atoms with Crippen molar-refractivity contribution in [2.24, 2.45) is 18.2 Å². The number of hydrogen-bond donors (Lipinski definition) is 2. The van der Waals surface area contributed by atoms with E-state index in [1.807, 2.05) is 32.6 Å². The number of nitrogens with one attached hydrogen (secondary N) is 1. The largest absolute Gasteiger partial charge is 0.444 e. The number of nitrogens with two attached hydrogens (primary N) is 1. The molecule has 2 aliphatic rings. The molecule has 47 heavy (non-hydrogen) atoms. The van der Waals surface area contributed by atoms with Crippen LogP contribution >= 0.6 is 0 Å². The molecular weight excluding hydrogens is 618 g/mol. The van der Waals surface area contributed by atoms with E-state index in [4.69, 9.17) is 10.5 Å². The van der Waals surface area contributed by atoms with E-state index in [1.165, 1.54) is 10.2 Å². The van der Waals surface area contributed by atoms with E-state index >= 15 is 0 Å². The summed E-state index contributed by atoms with van der Waals surface area (Å²) in [5, 5.41) is 8.35. The van der Waals surface area contributed by atoms with Crippen LogP contribution in [0.4, 0.5) is 10.5 Å². The van der Waals surface area contributed by atoms with Crippen LogP contribution in [0.15, 0.2) is 53.8 Å². The number of piperidine rings is 1. The van der Waals surface area contributed by atoms with Crippen molar-refractivity contribution in [2.45, 2.75) is 82.8 Å². The Morgan fingerprint density at radius 1 is 1.04 bits per heavy atom. The number of anilines is 1. The van der Waals surface area contributed by atoms with Gasteiger partial charge in [0.25, 0.3) is 15.9 Å². The Morgan fingerprint density at radius 3 is 2.28 bits per heavy atom. The number of ether oxygens (including phenoxy) is 1. The molecule has 13 heteroatoms. The van der Waals surface area contributed by atoms with Crippen LogP contribution in [0.2, 0.25) is 0 Å². The number of carbonyl (C=O) groups excluding carboxylic acids is 2. The lowest BCUT2D eigenvalue weighted by molar-refractivity contribution is 0.00393. The van der Waals surface area contributed by atoms with Crippen molar-refractivity contribution < 1.29 is 22.7 Å². The van der Waals surface area contributed by atoms with Gasteiger partial charge in [-0.2, -0.15) is 5.10 Å². The van der Waals surface area contributed by atoms with Gasteiger partial charge in [0.2, 0.25) is 0 Å². The number of primary amides is 1. The molecular formula is C34H43N7O5S. The zero-order valence-electron chi connectivity index (χ0n) is 27.6. The lowest BCUT2D eigenvalue weighted by Gasteiger charge is -2.46. The second-order valence-electron chi connectivity index (χ2n) is 14.0. The second-order valence-corrected chi connectivity index (χ2v) is 15.8. The number of carbonyl (C=O) groups is 2. The minimum absolute atomic E-state index is 0.0344. The van der Waals surface area contributed by atoms with E-state index in [0.29, 0.717) is 35.4 Å². The van der Waals surface area contributed by atoms with E-state index in [-0.39, 0.29) is 33.7 Å². The summed E-state index contributed by atoms with van der Waals surface area (Å²) in [6.07, 6.45) is 9.92. The van der Waals surface area contributed by atoms with E-state index in [1.54, 1.807) is 54.5 Å². The summed E-state index contributed by atoms with van der Waals surface area (Å²) >= 11 is 0. The molecule has 3 N–H and O–H groups in total. The Bertz CT molecular complexity index is 1920. The second kappa shape index (κ2) is 12.0. The predicted molar refractivity (Wildman–Crippen MR) is 180 cm³/mol. The molecule has 4 heterocycles. The molecule has 1 aliphatic carbocycles. The summed E-state index contributed by atoms with van der Waals surface area (Å²) in [6, 6.07) is 8.45. The third-order valence-electron chi connectivity index (χ3n) is 9.48. The Hall–Kier alpha value is -4.39. The van der Waals surface area contributed by atoms with Gasteiger partial charge in [-0.15, -0.1) is 0 Å². The maximum absolute atomic E-state index is 14.2. The molecule has 1 spiro atoms. The molecule has 2 fully saturated rings. The predicted octanol–water partition coefficient (Wildman–Crippen LogP) is 5.45. The first-order valence-electron chi connectivity index (χ1n) is 16.1. The van der Waals surface area contributed by atoms with Gasteiger partial charge in [-0.05, 0) is 89.8 Å². The number of benzene rings is 1. The molecule has 1 saturated carbocycles. The average Bonchev–Trinajstić information content (AvgIpc) is 3.62. The van der Waals surface area contributed by atoms with Gasteiger partial charge in [-0.3, -0.25) is 9.48 Å². The van der Waals surface area contributed by atoms with Crippen molar-refractivity contribution in [3.05, 3.63) is 60.0 Å². The number of amides is 2. The fourth-order valence-electron chi connectivity index (χ4n) is 6.85. The number of aromatic nitrogens is 4. The molecule has 1 aliphatic heterocycles. The van der Waals surface area contributed by atoms with Gasteiger partial charge < -0.3 is 20.7 Å². The number of fused-ring (bicyclic) bond motifs is 1. The molecule has 1 aromatic carbocycles. The fourth-order valence-corrected chi connectivity index (χ4v) is 8.33. The van der Waals surface area contributed by atoms with Crippen molar-refractivity contribution >= 4 is 38.7 Å². The van der Waals surface area contributed by atoms with Gasteiger partial charge in [0.15, 0.2) is 5.65 Å². The SMILES string of the molecule is Cc1ccc(S(=O)(=O)n2c(-c3cnn(C)c3)cc3c(NC4CCC5(CC4)CCN(C(=O)OC(C)(C)C)CC5)c(C(N)=O)cnc32)cc1. The van der Waals surface area contributed by atoms with Crippen LogP contribution in [0.1, 0.15) is 75.2 Å². The minimum atomic E-state index is -4.09. The lowest BCUT2D eigenvalue weighted by atomic mass is 9.67. The molecule has 1 saturated heterocycles. The summed E-state index contributed by atoms with van der Waals surface area (Å²) in [7, 11) is -2.33. The fraction of sp³-hybridized carbons (Fsp3) is 0.471. The molecule has 250 valence electrons. The van der Waals surface area contributed by atoms with Gasteiger partial charge in [0.1, 0.15) is 5.60 Å². The number of pyridine rings is 1. The summed E-state index contributed by atoms with van der Waals surface area (Å²) in [6.45, 7) is 8.87. The molecule has 4 aromatic rings. The highest BCUT2D eigenvalue weighted by molar-refractivity contribution is 7.90. The van der Waals surface area contributed by atoms with E-state index in [2.05, 4.69) is 15.4 Å². The van der Waals surface area contributed by atoms with Gasteiger partial charge in [-0.1, -0.05) is 17.7 Å². The van der Waals surface area contributed by atoms with Crippen LogP contribution in [0.3, 0.4) is 0 Å². The van der Waals surface area contributed by atoms with Gasteiger partial charge in [-0.25, -0.2) is 22.2 Å². The van der Waals surface area contributed by atoms with Crippen molar-refractivity contribution in [3.8, 4) is 11.3 Å². The molecule has 0 unspecified atom stereocenters. The Labute approximate surface area is 275 Å². The molecule has 12 nitrogen and oxygen atoms in total. The van der Waals surface area contributed by atoms with Crippen molar-refractivity contribution in [1.29, 1.82) is 0 Å². The molecule has 3 aromatic heterocycles. The van der Waals surface area contributed by atoms with E-state index in [9.17, 15) is 18.0 Å². The van der Waals surface area contributed by atoms with Crippen LogP contribution in [0.5, 0.6) is 0 Å². The van der Waals surface area contributed by atoms with Crippen molar-refractivity contribution in [2.75, 3.05) is 18.4 Å². The first-order chi connectivity index (χ1) is 22.2. The summed E-state index contributed by atoms with van der Waals surface area (Å²) in [4.78, 5) is 31.7. The minimum Gasteiger partial charge on any atom is -0.444 e. The van der Waals surface area contributed by atoms with Crippen LogP contribution < -0.4 is 11.1 Å². The van der Waals surface area contributed by atoms with Crippen LogP contribution in [0.25, 0.3) is 22.3 Å². The van der Waals surface area contributed by atoms with Gasteiger partial charge >= 0.3 is 6.09 Å². The van der Waals surface area contributed by atoms with E-state index < -0.39 is 21.5 Å².